The Kier molecular flexibility index (Phi) is 5.87. The number of hydrogen-bond acceptors (Lipinski definition) is 6. The molecule has 2 aromatic carbocycles. The first-order chi connectivity index (χ1) is 17.1. The minimum Gasteiger partial charge on any atom is -0.451 e. The number of nitrogens with one attached hydrogen (secondary N) is 3. The van der Waals surface area contributed by atoms with Crippen LogP contribution in [0.1, 0.15) is 55.5 Å². The number of furan rings is 1. The molecular weight excluding hydrogens is 476 g/mol. The predicted octanol–water partition coefficient (Wildman–Crippen LogP) is 4.74. The van der Waals surface area contributed by atoms with Crippen LogP contribution < -0.4 is 10.6 Å². The quantitative estimate of drug-likeness (QED) is 0.445. The Hall–Kier alpha value is -3.64. The monoisotopic (exact) mass is 504 g/mol. The van der Waals surface area contributed by atoms with Crippen LogP contribution in [0.4, 0.5) is 0 Å². The van der Waals surface area contributed by atoms with Gasteiger partial charge in [0.25, 0.3) is 5.91 Å². The lowest BCUT2D eigenvalue weighted by Crippen LogP contribution is -2.61. The number of hydrogen-bond donors (Lipinski definition) is 3. The maximum absolute atomic E-state index is 13.3. The molecule has 2 amide bonds. The molecule has 3 N–H and O–H groups in total. The van der Waals surface area contributed by atoms with Crippen LogP contribution in [0.3, 0.4) is 0 Å². The summed E-state index contributed by atoms with van der Waals surface area (Å²) in [7, 11) is -2.85. The molecule has 3 aromatic rings. The summed E-state index contributed by atoms with van der Waals surface area (Å²) in [6.45, 7) is 0. The second-order valence-electron chi connectivity index (χ2n) is 9.98. The van der Waals surface area contributed by atoms with Crippen molar-refractivity contribution in [2.45, 2.75) is 60.9 Å². The van der Waals surface area contributed by atoms with Crippen LogP contribution in [0.2, 0.25) is 0 Å². The van der Waals surface area contributed by atoms with Gasteiger partial charge in [0.15, 0.2) is 5.76 Å². The van der Waals surface area contributed by atoms with Crippen LogP contribution in [0, 0.1) is 16.1 Å². The van der Waals surface area contributed by atoms with Crippen molar-refractivity contribution in [2.24, 2.45) is 0 Å². The molecule has 0 aliphatic heterocycles. The number of nitrogens with zero attached hydrogens (tertiary/aromatic N) is 1. The van der Waals surface area contributed by atoms with Crippen LogP contribution in [0.5, 0.6) is 0 Å². The van der Waals surface area contributed by atoms with Crippen molar-refractivity contribution in [1.29, 1.82) is 10.0 Å². The minimum atomic E-state index is -2.85. The SMILES string of the molecule is CS(=N)(=O)c1cccc(-c2ccc3cc(C(=O)NC4(C(=O)NC5(C#N)CC5)CCCCC4)oc3c2)c1. The van der Waals surface area contributed by atoms with Crippen LogP contribution in [-0.4, -0.2) is 33.4 Å². The van der Waals surface area contributed by atoms with Gasteiger partial charge in [0.05, 0.1) is 15.8 Å². The van der Waals surface area contributed by atoms with Gasteiger partial charge in [0.1, 0.15) is 16.7 Å². The Morgan fingerprint density at radius 3 is 2.39 bits per heavy atom. The van der Waals surface area contributed by atoms with Crippen LogP contribution in [-0.2, 0) is 14.5 Å². The van der Waals surface area contributed by atoms with E-state index in [9.17, 15) is 19.1 Å². The van der Waals surface area contributed by atoms with Crippen LogP contribution >= 0.6 is 0 Å². The number of benzene rings is 2. The molecule has 2 aliphatic rings. The predicted molar refractivity (Wildman–Crippen MR) is 136 cm³/mol. The average Bonchev–Trinajstić information content (AvgIpc) is 3.51. The molecule has 0 saturated heterocycles. The smallest absolute Gasteiger partial charge is 0.287 e. The van der Waals surface area contributed by atoms with E-state index in [2.05, 4.69) is 16.7 Å². The van der Waals surface area contributed by atoms with Gasteiger partial charge in [-0.1, -0.05) is 43.5 Å². The van der Waals surface area contributed by atoms with Crippen molar-refractivity contribution < 1.29 is 18.2 Å². The molecule has 0 radical (unpaired) electrons. The third-order valence-electron chi connectivity index (χ3n) is 7.17. The fourth-order valence-corrected chi connectivity index (χ4v) is 5.50. The molecule has 36 heavy (non-hydrogen) atoms. The van der Waals surface area contributed by atoms with E-state index < -0.39 is 26.7 Å². The van der Waals surface area contributed by atoms with Crippen molar-refractivity contribution in [3.05, 3.63) is 54.3 Å². The summed E-state index contributed by atoms with van der Waals surface area (Å²) in [5.41, 5.74) is 0.251. The number of carbonyl (C=O) groups excluding carboxylic acids is 2. The molecule has 9 heteroatoms. The lowest BCUT2D eigenvalue weighted by molar-refractivity contribution is -0.129. The third kappa shape index (κ3) is 4.61. The van der Waals surface area contributed by atoms with Crippen LogP contribution in [0.15, 0.2) is 57.8 Å². The summed E-state index contributed by atoms with van der Waals surface area (Å²) in [6.07, 6.45) is 6.31. The average molecular weight is 505 g/mol. The fourth-order valence-electron chi connectivity index (χ4n) is 4.81. The van der Waals surface area contributed by atoms with Gasteiger partial charge >= 0.3 is 0 Å². The second-order valence-corrected chi connectivity index (χ2v) is 12.1. The first-order valence-electron chi connectivity index (χ1n) is 12.1. The first kappa shape index (κ1) is 24.1. The number of fused-ring (bicyclic) bond motifs is 1. The topological polar surface area (TPSA) is 136 Å². The largest absolute Gasteiger partial charge is 0.451 e. The van der Waals surface area contributed by atoms with E-state index in [0.29, 0.717) is 36.2 Å². The summed E-state index contributed by atoms with van der Waals surface area (Å²) < 4.78 is 25.9. The highest BCUT2D eigenvalue weighted by Crippen LogP contribution is 2.37. The number of nitriles is 1. The molecule has 2 fully saturated rings. The summed E-state index contributed by atoms with van der Waals surface area (Å²) in [4.78, 5) is 26.9. The van der Waals surface area contributed by atoms with Gasteiger partial charge in [-0.2, -0.15) is 5.26 Å². The minimum absolute atomic E-state index is 0.109. The van der Waals surface area contributed by atoms with E-state index >= 15 is 0 Å². The van der Waals surface area contributed by atoms with Gasteiger partial charge < -0.3 is 15.1 Å². The van der Waals surface area contributed by atoms with Crippen LogP contribution in [0.25, 0.3) is 22.1 Å². The molecule has 1 heterocycles. The number of amides is 2. The first-order valence-corrected chi connectivity index (χ1v) is 14.0. The summed E-state index contributed by atoms with van der Waals surface area (Å²) >= 11 is 0. The molecule has 2 saturated carbocycles. The van der Waals surface area contributed by atoms with E-state index in [0.717, 1.165) is 35.8 Å². The lowest BCUT2D eigenvalue weighted by atomic mass is 9.80. The van der Waals surface area contributed by atoms with Gasteiger partial charge in [-0.15, -0.1) is 0 Å². The normalized spacial score (nSPS) is 19.6. The molecule has 1 atom stereocenters. The highest BCUT2D eigenvalue weighted by Gasteiger charge is 2.50. The Labute approximate surface area is 210 Å². The zero-order valence-corrected chi connectivity index (χ0v) is 20.9. The van der Waals surface area contributed by atoms with Crippen molar-refractivity contribution in [2.75, 3.05) is 6.26 Å². The van der Waals surface area contributed by atoms with E-state index in [-0.39, 0.29) is 11.7 Å². The second kappa shape index (κ2) is 8.79. The molecule has 0 spiro atoms. The van der Waals surface area contributed by atoms with E-state index in [1.54, 1.807) is 30.3 Å². The molecule has 1 aromatic heterocycles. The Morgan fingerprint density at radius 1 is 1.00 bits per heavy atom. The third-order valence-corrected chi connectivity index (χ3v) is 8.33. The summed E-state index contributed by atoms with van der Waals surface area (Å²) in [5.74, 6) is -0.652. The van der Waals surface area contributed by atoms with Crippen molar-refractivity contribution in [1.82, 2.24) is 10.6 Å². The van der Waals surface area contributed by atoms with Gasteiger partial charge in [0.2, 0.25) is 5.91 Å². The molecule has 1 unspecified atom stereocenters. The van der Waals surface area contributed by atoms with Gasteiger partial charge in [-0.25, -0.2) is 8.99 Å². The molecule has 5 rings (SSSR count). The zero-order chi connectivity index (χ0) is 25.6. The van der Waals surface area contributed by atoms with Gasteiger partial charge in [-0.3, -0.25) is 9.59 Å². The maximum Gasteiger partial charge on any atom is 0.287 e. The Morgan fingerprint density at radius 2 is 1.72 bits per heavy atom. The Bertz CT molecular complexity index is 1510. The molecule has 0 bridgehead atoms. The van der Waals surface area contributed by atoms with E-state index in [4.69, 9.17) is 9.20 Å². The lowest BCUT2D eigenvalue weighted by Gasteiger charge is -2.37. The molecule has 186 valence electrons. The van der Waals surface area contributed by atoms with Gasteiger partial charge in [-0.05, 0) is 61.1 Å². The summed E-state index contributed by atoms with van der Waals surface area (Å²) in [5, 5.41) is 16.0. The molecular formula is C27H28N4O4S. The van der Waals surface area contributed by atoms with Gasteiger partial charge in [0, 0.05) is 16.5 Å². The molecule has 2 aliphatic carbocycles. The van der Waals surface area contributed by atoms with E-state index in [1.165, 1.54) is 6.26 Å². The molecule has 8 nitrogen and oxygen atoms in total. The zero-order valence-electron chi connectivity index (χ0n) is 20.1. The summed E-state index contributed by atoms with van der Waals surface area (Å²) in [6, 6.07) is 16.4. The van der Waals surface area contributed by atoms with Crippen molar-refractivity contribution in [3.8, 4) is 17.2 Å². The standard InChI is InChI=1S/C27H28N4O4S/c1-36(29,34)21-7-5-6-18(14-21)19-8-9-20-16-23(35-22(20)15-19)24(32)30-27(10-3-2-4-11-27)25(33)31-26(17-28)12-13-26/h5-9,14-16,29H,2-4,10-13H2,1H3,(H,30,32)(H,31,33). The highest BCUT2D eigenvalue weighted by atomic mass is 32.2. The highest BCUT2D eigenvalue weighted by molar-refractivity contribution is 7.91. The van der Waals surface area contributed by atoms with E-state index in [1.807, 2.05) is 18.2 Å². The van der Waals surface area contributed by atoms with Crippen molar-refractivity contribution in [3.63, 3.8) is 0 Å². The fraction of sp³-hybridized carbons (Fsp3) is 0.370. The maximum atomic E-state index is 13.3. The number of rotatable bonds is 6. The van der Waals surface area contributed by atoms with Crippen molar-refractivity contribution >= 4 is 32.5 Å². The Balaban J connectivity index is 1.40. The number of carbonyl (C=O) groups is 2.